The number of nitrogens with one attached hydrogen (secondary N) is 1. The smallest absolute Gasteiger partial charge is 0.240 e. The second kappa shape index (κ2) is 6.14. The van der Waals surface area contributed by atoms with E-state index in [1.54, 1.807) is 25.1 Å². The number of sulfonamides is 1. The Kier molecular flexibility index (Phi) is 5.11. The summed E-state index contributed by atoms with van der Waals surface area (Å²) in [4.78, 5) is 0.347. The van der Waals surface area contributed by atoms with Crippen LogP contribution in [0, 0.1) is 12.8 Å². The number of aryl methyl sites for hydroxylation is 1. The molecule has 96 valence electrons. The van der Waals surface area contributed by atoms with Crippen molar-refractivity contribution >= 4 is 10.0 Å². The fraction of sp³-hybridized carbons (Fsp3) is 0.500. The van der Waals surface area contributed by atoms with E-state index in [1.165, 1.54) is 0 Å². The van der Waals surface area contributed by atoms with Crippen molar-refractivity contribution in [2.75, 3.05) is 13.1 Å². The van der Waals surface area contributed by atoms with Crippen LogP contribution in [-0.2, 0) is 10.0 Å². The summed E-state index contributed by atoms with van der Waals surface area (Å²) in [5.41, 5.74) is 6.18. The standard InChI is InChI=1S/C12H20N2O2S/c1-10(7-8-13)9-14-17(15,16)12-6-4-3-5-11(12)2/h3-6,10,14H,7-9,13H2,1-2H3. The van der Waals surface area contributed by atoms with Gasteiger partial charge in [0.1, 0.15) is 0 Å². The minimum atomic E-state index is -3.40. The summed E-state index contributed by atoms with van der Waals surface area (Å²) < 4.78 is 26.7. The molecule has 0 saturated heterocycles. The zero-order chi connectivity index (χ0) is 12.9. The van der Waals surface area contributed by atoms with Gasteiger partial charge < -0.3 is 5.73 Å². The molecule has 0 aliphatic rings. The van der Waals surface area contributed by atoms with Gasteiger partial charge in [-0.1, -0.05) is 25.1 Å². The van der Waals surface area contributed by atoms with Gasteiger partial charge >= 0.3 is 0 Å². The lowest BCUT2D eigenvalue weighted by molar-refractivity contribution is 0.515. The molecule has 17 heavy (non-hydrogen) atoms. The molecule has 1 rings (SSSR count). The summed E-state index contributed by atoms with van der Waals surface area (Å²) in [6.45, 7) is 4.77. The first-order valence-corrected chi connectivity index (χ1v) is 7.21. The number of hydrogen-bond donors (Lipinski definition) is 2. The lowest BCUT2D eigenvalue weighted by Crippen LogP contribution is -2.29. The van der Waals surface area contributed by atoms with Crippen LogP contribution in [0.1, 0.15) is 18.9 Å². The van der Waals surface area contributed by atoms with Crippen LogP contribution >= 0.6 is 0 Å². The summed E-state index contributed by atoms with van der Waals surface area (Å²) in [6.07, 6.45) is 0.816. The molecule has 0 heterocycles. The molecule has 0 radical (unpaired) electrons. The van der Waals surface area contributed by atoms with Crippen molar-refractivity contribution in [3.63, 3.8) is 0 Å². The molecule has 0 fully saturated rings. The van der Waals surface area contributed by atoms with Gasteiger partial charge in [-0.05, 0) is 37.4 Å². The average Bonchev–Trinajstić information content (AvgIpc) is 2.27. The van der Waals surface area contributed by atoms with Crippen LogP contribution in [0.2, 0.25) is 0 Å². The second-order valence-corrected chi connectivity index (χ2v) is 6.04. The maximum Gasteiger partial charge on any atom is 0.240 e. The third-order valence-corrected chi connectivity index (χ3v) is 4.25. The Bertz CT molecular complexity index is 457. The van der Waals surface area contributed by atoms with Crippen molar-refractivity contribution in [1.82, 2.24) is 4.72 Å². The molecule has 4 nitrogen and oxygen atoms in total. The summed E-state index contributed by atoms with van der Waals surface area (Å²) in [6, 6.07) is 6.96. The Balaban J connectivity index is 2.73. The highest BCUT2D eigenvalue weighted by molar-refractivity contribution is 7.89. The van der Waals surface area contributed by atoms with E-state index in [9.17, 15) is 8.42 Å². The maximum absolute atomic E-state index is 12.0. The molecule has 1 aromatic rings. The van der Waals surface area contributed by atoms with Crippen LogP contribution in [0.25, 0.3) is 0 Å². The number of rotatable bonds is 6. The van der Waals surface area contributed by atoms with Crippen molar-refractivity contribution in [2.45, 2.75) is 25.2 Å². The van der Waals surface area contributed by atoms with Gasteiger partial charge in [0.2, 0.25) is 10.0 Å². The zero-order valence-corrected chi connectivity index (χ0v) is 11.1. The Labute approximate surface area is 103 Å². The van der Waals surface area contributed by atoms with Gasteiger partial charge in [-0.25, -0.2) is 13.1 Å². The Morgan fingerprint density at radius 2 is 2.00 bits per heavy atom. The van der Waals surface area contributed by atoms with Crippen molar-refractivity contribution in [3.8, 4) is 0 Å². The highest BCUT2D eigenvalue weighted by Crippen LogP contribution is 2.14. The highest BCUT2D eigenvalue weighted by atomic mass is 32.2. The molecule has 1 unspecified atom stereocenters. The molecular weight excluding hydrogens is 236 g/mol. The summed E-state index contributed by atoms with van der Waals surface area (Å²) in [5, 5.41) is 0. The second-order valence-electron chi connectivity index (χ2n) is 4.30. The van der Waals surface area contributed by atoms with E-state index < -0.39 is 10.0 Å². The van der Waals surface area contributed by atoms with Crippen molar-refractivity contribution < 1.29 is 8.42 Å². The van der Waals surface area contributed by atoms with Gasteiger partial charge in [0, 0.05) is 6.54 Å². The van der Waals surface area contributed by atoms with Crippen LogP contribution < -0.4 is 10.5 Å². The molecule has 0 bridgehead atoms. The minimum absolute atomic E-state index is 0.249. The molecule has 1 atom stereocenters. The van der Waals surface area contributed by atoms with Crippen molar-refractivity contribution in [3.05, 3.63) is 29.8 Å². The van der Waals surface area contributed by atoms with E-state index in [2.05, 4.69) is 4.72 Å². The van der Waals surface area contributed by atoms with E-state index in [0.29, 0.717) is 18.0 Å². The van der Waals surface area contributed by atoms with Crippen LogP contribution in [0.3, 0.4) is 0 Å². The quantitative estimate of drug-likeness (QED) is 0.805. The Morgan fingerprint density at radius 1 is 1.35 bits per heavy atom. The highest BCUT2D eigenvalue weighted by Gasteiger charge is 2.16. The third-order valence-electron chi connectivity index (χ3n) is 2.66. The summed E-state index contributed by atoms with van der Waals surface area (Å²) >= 11 is 0. The number of hydrogen-bond acceptors (Lipinski definition) is 3. The van der Waals surface area contributed by atoms with Gasteiger partial charge in [-0.15, -0.1) is 0 Å². The molecule has 1 aromatic carbocycles. The fourth-order valence-corrected chi connectivity index (χ4v) is 2.98. The molecule has 0 aliphatic carbocycles. The first-order chi connectivity index (χ1) is 7.97. The average molecular weight is 256 g/mol. The lowest BCUT2D eigenvalue weighted by Gasteiger charge is -2.13. The van der Waals surface area contributed by atoms with Gasteiger partial charge in [-0.2, -0.15) is 0 Å². The van der Waals surface area contributed by atoms with Crippen LogP contribution in [-0.4, -0.2) is 21.5 Å². The molecule has 0 aliphatic heterocycles. The first kappa shape index (κ1) is 14.2. The largest absolute Gasteiger partial charge is 0.330 e. The molecule has 0 amide bonds. The van der Waals surface area contributed by atoms with Gasteiger partial charge in [0.05, 0.1) is 4.90 Å². The van der Waals surface area contributed by atoms with E-state index >= 15 is 0 Å². The predicted octanol–water partition coefficient (Wildman–Crippen LogP) is 1.26. The van der Waals surface area contributed by atoms with Crippen LogP contribution in [0.4, 0.5) is 0 Å². The van der Waals surface area contributed by atoms with E-state index in [-0.39, 0.29) is 5.92 Å². The zero-order valence-electron chi connectivity index (χ0n) is 10.3. The molecule has 0 aromatic heterocycles. The summed E-state index contributed by atoms with van der Waals surface area (Å²) in [7, 11) is -3.40. The SMILES string of the molecule is Cc1ccccc1S(=O)(=O)NCC(C)CCN. The van der Waals surface area contributed by atoms with Crippen LogP contribution in [0.5, 0.6) is 0 Å². The number of nitrogens with two attached hydrogens (primary N) is 1. The van der Waals surface area contributed by atoms with E-state index in [1.807, 2.05) is 13.0 Å². The first-order valence-electron chi connectivity index (χ1n) is 5.72. The van der Waals surface area contributed by atoms with Gasteiger partial charge in [0.15, 0.2) is 0 Å². The fourth-order valence-electron chi connectivity index (χ4n) is 1.57. The Hall–Kier alpha value is -0.910. The van der Waals surface area contributed by atoms with E-state index in [0.717, 1.165) is 12.0 Å². The third kappa shape index (κ3) is 4.11. The molecule has 3 N–H and O–H groups in total. The monoisotopic (exact) mass is 256 g/mol. The van der Waals surface area contributed by atoms with Gasteiger partial charge in [-0.3, -0.25) is 0 Å². The van der Waals surface area contributed by atoms with E-state index in [4.69, 9.17) is 5.73 Å². The van der Waals surface area contributed by atoms with Crippen LogP contribution in [0.15, 0.2) is 29.2 Å². The normalized spacial score (nSPS) is 13.6. The predicted molar refractivity (Wildman–Crippen MR) is 69.2 cm³/mol. The molecule has 0 spiro atoms. The maximum atomic E-state index is 12.0. The summed E-state index contributed by atoms with van der Waals surface area (Å²) in [5.74, 6) is 0.249. The topological polar surface area (TPSA) is 72.2 Å². The minimum Gasteiger partial charge on any atom is -0.330 e. The molecule has 0 saturated carbocycles. The molecular formula is C12H20N2O2S. The lowest BCUT2D eigenvalue weighted by atomic mass is 10.1. The van der Waals surface area contributed by atoms with Gasteiger partial charge in [0.25, 0.3) is 0 Å². The molecule has 5 heteroatoms. The number of benzene rings is 1. The Morgan fingerprint density at radius 3 is 2.59 bits per heavy atom. The van der Waals surface area contributed by atoms with Crippen molar-refractivity contribution in [1.29, 1.82) is 0 Å². The van der Waals surface area contributed by atoms with Crippen molar-refractivity contribution in [2.24, 2.45) is 11.7 Å².